The smallest absolute Gasteiger partial charge is 0.243 e. The van der Waals surface area contributed by atoms with Crippen LogP contribution >= 0.6 is 34.3 Å². The number of hydrogen-bond acceptors (Lipinski definition) is 6. The lowest BCUT2D eigenvalue weighted by Crippen LogP contribution is -2.34. The van der Waals surface area contributed by atoms with Crippen molar-refractivity contribution in [1.29, 1.82) is 0 Å². The summed E-state index contributed by atoms with van der Waals surface area (Å²) in [6, 6.07) is 7.86. The maximum absolute atomic E-state index is 12.6. The van der Waals surface area contributed by atoms with Crippen molar-refractivity contribution < 1.29 is 13.2 Å². The van der Waals surface area contributed by atoms with Crippen LogP contribution < -0.4 is 5.32 Å². The number of carbonyl (C=O) groups excluding carboxylic acids is 1. The van der Waals surface area contributed by atoms with E-state index in [-0.39, 0.29) is 11.4 Å². The Kier molecular flexibility index (Phi) is 6.21. The molecule has 0 bridgehead atoms. The van der Waals surface area contributed by atoms with Crippen LogP contribution in [0.4, 0.5) is 5.13 Å². The first-order chi connectivity index (χ1) is 13.2. The van der Waals surface area contributed by atoms with Crippen molar-refractivity contribution in [3.63, 3.8) is 0 Å². The molecule has 2 heterocycles. The van der Waals surface area contributed by atoms with Crippen LogP contribution in [0.2, 0.25) is 5.02 Å². The molecule has 0 aliphatic carbocycles. The van der Waals surface area contributed by atoms with Gasteiger partial charge in [0.2, 0.25) is 15.9 Å². The zero-order valence-electron chi connectivity index (χ0n) is 15.4. The SMILES string of the molecule is Cc1cc(-c2csc(NC(=O)CN(C)S(=O)(=O)c3ccc(Cl)cc3)n2)c(C)s1. The third kappa shape index (κ3) is 4.61. The third-order valence-corrected chi connectivity index (χ3v) is 7.75. The summed E-state index contributed by atoms with van der Waals surface area (Å²) >= 11 is 8.79. The molecule has 0 radical (unpaired) electrons. The summed E-state index contributed by atoms with van der Waals surface area (Å²) in [5.41, 5.74) is 1.84. The van der Waals surface area contributed by atoms with Gasteiger partial charge in [0.15, 0.2) is 5.13 Å². The predicted molar refractivity (Wildman–Crippen MR) is 115 cm³/mol. The Hall–Kier alpha value is -1.78. The van der Waals surface area contributed by atoms with Gasteiger partial charge in [-0.05, 0) is 44.2 Å². The van der Waals surface area contributed by atoms with Crippen molar-refractivity contribution in [2.75, 3.05) is 18.9 Å². The molecule has 2 aromatic heterocycles. The van der Waals surface area contributed by atoms with Gasteiger partial charge in [0.1, 0.15) is 0 Å². The van der Waals surface area contributed by atoms with E-state index in [1.165, 1.54) is 47.5 Å². The molecule has 0 saturated carbocycles. The maximum Gasteiger partial charge on any atom is 0.243 e. The Morgan fingerprint density at radius 3 is 2.54 bits per heavy atom. The first-order valence-electron chi connectivity index (χ1n) is 8.21. The van der Waals surface area contributed by atoms with Gasteiger partial charge in [0, 0.05) is 32.8 Å². The molecule has 148 valence electrons. The average molecular weight is 456 g/mol. The molecule has 10 heteroatoms. The van der Waals surface area contributed by atoms with Crippen LogP contribution in [0.5, 0.6) is 0 Å². The minimum absolute atomic E-state index is 0.0760. The van der Waals surface area contributed by atoms with E-state index in [0.29, 0.717) is 10.2 Å². The number of aromatic nitrogens is 1. The number of rotatable bonds is 6. The molecule has 0 aliphatic heterocycles. The number of anilines is 1. The summed E-state index contributed by atoms with van der Waals surface area (Å²) < 4.78 is 26.1. The summed E-state index contributed by atoms with van der Waals surface area (Å²) in [6.07, 6.45) is 0. The fourth-order valence-corrected chi connectivity index (χ4v) is 5.49. The molecule has 0 unspecified atom stereocenters. The topological polar surface area (TPSA) is 79.4 Å². The van der Waals surface area contributed by atoms with Gasteiger partial charge in [-0.2, -0.15) is 4.31 Å². The van der Waals surface area contributed by atoms with Crippen molar-refractivity contribution in [2.45, 2.75) is 18.7 Å². The Labute approximate surface area is 176 Å². The van der Waals surface area contributed by atoms with Crippen LogP contribution in [-0.2, 0) is 14.8 Å². The normalized spacial score (nSPS) is 11.8. The van der Waals surface area contributed by atoms with E-state index in [1.54, 1.807) is 11.3 Å². The number of nitrogens with zero attached hydrogens (tertiary/aromatic N) is 2. The summed E-state index contributed by atoms with van der Waals surface area (Å²) in [5.74, 6) is -0.459. The van der Waals surface area contributed by atoms with Gasteiger partial charge in [-0.3, -0.25) is 4.79 Å². The highest BCUT2D eigenvalue weighted by atomic mass is 35.5. The lowest BCUT2D eigenvalue weighted by Gasteiger charge is -2.16. The Balaban J connectivity index is 1.67. The van der Waals surface area contributed by atoms with Crippen LogP contribution in [0.1, 0.15) is 9.75 Å². The van der Waals surface area contributed by atoms with Crippen LogP contribution in [0.3, 0.4) is 0 Å². The number of carbonyl (C=O) groups is 1. The van der Waals surface area contributed by atoms with Gasteiger partial charge in [0.25, 0.3) is 0 Å². The number of benzene rings is 1. The second kappa shape index (κ2) is 8.30. The number of thiazole rings is 1. The number of sulfonamides is 1. The third-order valence-electron chi connectivity index (χ3n) is 3.96. The summed E-state index contributed by atoms with van der Waals surface area (Å²) in [7, 11) is -2.43. The van der Waals surface area contributed by atoms with Gasteiger partial charge in [-0.15, -0.1) is 22.7 Å². The fourth-order valence-electron chi connectivity index (χ4n) is 2.57. The van der Waals surface area contributed by atoms with E-state index in [2.05, 4.69) is 16.4 Å². The van der Waals surface area contributed by atoms with Crippen molar-refractivity contribution in [3.05, 3.63) is 50.5 Å². The highest BCUT2D eigenvalue weighted by Gasteiger charge is 2.23. The van der Waals surface area contributed by atoms with Crippen molar-refractivity contribution in [3.8, 4) is 11.3 Å². The van der Waals surface area contributed by atoms with E-state index >= 15 is 0 Å². The molecule has 3 aromatic rings. The molecule has 1 N–H and O–H groups in total. The lowest BCUT2D eigenvalue weighted by atomic mass is 10.2. The van der Waals surface area contributed by atoms with E-state index in [4.69, 9.17) is 11.6 Å². The largest absolute Gasteiger partial charge is 0.301 e. The molecular formula is C18H18ClN3O3S3. The molecule has 3 rings (SSSR count). The van der Waals surface area contributed by atoms with E-state index in [0.717, 1.165) is 20.4 Å². The fraction of sp³-hybridized carbons (Fsp3) is 0.222. The summed E-state index contributed by atoms with van der Waals surface area (Å²) in [6.45, 7) is 3.74. The van der Waals surface area contributed by atoms with Crippen molar-refractivity contribution in [2.24, 2.45) is 0 Å². The van der Waals surface area contributed by atoms with Crippen LogP contribution in [0.25, 0.3) is 11.3 Å². The van der Waals surface area contributed by atoms with Crippen LogP contribution in [0, 0.1) is 13.8 Å². The highest BCUT2D eigenvalue weighted by Crippen LogP contribution is 2.32. The van der Waals surface area contributed by atoms with Gasteiger partial charge in [-0.1, -0.05) is 11.6 Å². The van der Waals surface area contributed by atoms with E-state index in [9.17, 15) is 13.2 Å². The predicted octanol–water partition coefficient (Wildman–Crippen LogP) is 4.40. The van der Waals surface area contributed by atoms with Crippen molar-refractivity contribution in [1.82, 2.24) is 9.29 Å². The first-order valence-corrected chi connectivity index (χ1v) is 11.7. The highest BCUT2D eigenvalue weighted by molar-refractivity contribution is 7.89. The molecule has 0 aliphatic rings. The van der Waals surface area contributed by atoms with Crippen LogP contribution in [-0.4, -0.2) is 37.2 Å². The average Bonchev–Trinajstić information content (AvgIpc) is 3.20. The number of amides is 1. The number of nitrogens with one attached hydrogen (secondary N) is 1. The lowest BCUT2D eigenvalue weighted by molar-refractivity contribution is -0.116. The molecule has 0 atom stereocenters. The molecule has 1 amide bonds. The number of hydrogen-bond donors (Lipinski definition) is 1. The Bertz CT molecular complexity index is 1100. The molecule has 1 aromatic carbocycles. The minimum Gasteiger partial charge on any atom is -0.301 e. The number of aryl methyl sites for hydroxylation is 2. The molecule has 0 fully saturated rings. The van der Waals surface area contributed by atoms with Gasteiger partial charge in [0.05, 0.1) is 17.1 Å². The number of likely N-dealkylation sites (N-methyl/N-ethyl adjacent to an activating group) is 1. The minimum atomic E-state index is -3.79. The molecule has 6 nitrogen and oxygen atoms in total. The zero-order valence-corrected chi connectivity index (χ0v) is 18.6. The summed E-state index contributed by atoms with van der Waals surface area (Å²) in [5, 5.41) is 5.41. The van der Waals surface area contributed by atoms with Gasteiger partial charge >= 0.3 is 0 Å². The maximum atomic E-state index is 12.6. The van der Waals surface area contributed by atoms with Gasteiger partial charge < -0.3 is 5.32 Å². The quantitative estimate of drug-likeness (QED) is 0.597. The monoisotopic (exact) mass is 455 g/mol. The molecule has 0 saturated heterocycles. The number of thiophene rings is 1. The van der Waals surface area contributed by atoms with Crippen molar-refractivity contribution >= 4 is 55.3 Å². The molecule has 0 spiro atoms. The Morgan fingerprint density at radius 1 is 1.25 bits per heavy atom. The van der Waals surface area contributed by atoms with Gasteiger partial charge in [-0.25, -0.2) is 13.4 Å². The van der Waals surface area contributed by atoms with E-state index in [1.807, 2.05) is 19.2 Å². The first kappa shape index (κ1) is 20.9. The molecular weight excluding hydrogens is 438 g/mol. The van der Waals surface area contributed by atoms with Crippen LogP contribution in [0.15, 0.2) is 40.6 Å². The Morgan fingerprint density at radius 2 is 1.93 bits per heavy atom. The van der Waals surface area contributed by atoms with E-state index < -0.39 is 15.9 Å². The number of halogens is 1. The molecule has 28 heavy (non-hydrogen) atoms. The summed E-state index contributed by atoms with van der Waals surface area (Å²) in [4.78, 5) is 19.2. The second-order valence-corrected chi connectivity index (χ2v) is 10.9. The second-order valence-electron chi connectivity index (χ2n) is 6.13. The zero-order chi connectivity index (χ0) is 20.5. The standard InChI is InChI=1S/C18H18ClN3O3S3/c1-11-8-15(12(2)27-11)16-10-26-18(20-16)21-17(23)9-22(3)28(24,25)14-6-4-13(19)5-7-14/h4-8,10H,9H2,1-3H3,(H,20,21,23).